The summed E-state index contributed by atoms with van der Waals surface area (Å²) >= 11 is 1.58. The summed E-state index contributed by atoms with van der Waals surface area (Å²) in [6.45, 7) is 4.10. The maximum Gasteiger partial charge on any atom is 0.315 e. The number of nitrogens with one attached hydrogen (secondary N) is 2. The molecule has 0 aliphatic carbocycles. The zero-order valence-electron chi connectivity index (χ0n) is 10.5. The Morgan fingerprint density at radius 2 is 2.17 bits per heavy atom. The first-order chi connectivity index (χ1) is 8.39. The van der Waals surface area contributed by atoms with Crippen LogP contribution in [-0.2, 0) is 11.3 Å². The number of thiophene rings is 1. The molecule has 100 valence electrons. The predicted molar refractivity (Wildman–Crippen MR) is 70.6 cm³/mol. The molecule has 0 radical (unpaired) electrons. The molecular weight excluding hydrogens is 252 g/mol. The number of hydrogen-bond donors (Lipinski definition) is 3. The van der Waals surface area contributed by atoms with Crippen molar-refractivity contribution in [3.63, 3.8) is 0 Å². The van der Waals surface area contributed by atoms with E-state index < -0.39 is 11.5 Å². The highest BCUT2D eigenvalue weighted by atomic mass is 32.1. The van der Waals surface area contributed by atoms with Crippen LogP contribution < -0.4 is 10.6 Å². The zero-order chi connectivity index (χ0) is 13.6. The lowest BCUT2D eigenvalue weighted by Gasteiger charge is -2.25. The van der Waals surface area contributed by atoms with E-state index in [0.717, 1.165) is 4.88 Å². The third-order valence-electron chi connectivity index (χ3n) is 2.42. The van der Waals surface area contributed by atoms with Crippen LogP contribution >= 0.6 is 11.3 Å². The van der Waals surface area contributed by atoms with Crippen LogP contribution in [0.1, 0.15) is 31.6 Å². The van der Waals surface area contributed by atoms with Crippen molar-refractivity contribution in [3.05, 3.63) is 22.4 Å². The summed E-state index contributed by atoms with van der Waals surface area (Å²) in [5, 5.41) is 16.1. The number of carboxylic acids is 1. The largest absolute Gasteiger partial charge is 0.481 e. The highest BCUT2D eigenvalue weighted by molar-refractivity contribution is 7.09. The maximum atomic E-state index is 11.6. The van der Waals surface area contributed by atoms with Gasteiger partial charge in [0.25, 0.3) is 0 Å². The molecule has 0 unspecified atom stereocenters. The second-order valence-electron chi connectivity index (χ2n) is 4.66. The minimum atomic E-state index is -0.858. The predicted octanol–water partition coefficient (Wildman–Crippen LogP) is 2.19. The highest BCUT2D eigenvalue weighted by Gasteiger charge is 2.21. The third kappa shape index (κ3) is 5.67. The van der Waals surface area contributed by atoms with Crippen LogP contribution in [-0.4, -0.2) is 22.6 Å². The number of amides is 2. The van der Waals surface area contributed by atoms with Gasteiger partial charge in [0.05, 0.1) is 6.54 Å². The van der Waals surface area contributed by atoms with Gasteiger partial charge in [-0.25, -0.2) is 4.79 Å². The second kappa shape index (κ2) is 6.39. The highest BCUT2D eigenvalue weighted by Crippen LogP contribution is 2.11. The average molecular weight is 270 g/mol. The van der Waals surface area contributed by atoms with E-state index in [1.165, 1.54) is 0 Å². The molecule has 6 heteroatoms. The number of hydrogen-bond acceptors (Lipinski definition) is 3. The van der Waals surface area contributed by atoms with Crippen LogP contribution in [0.25, 0.3) is 0 Å². The standard InChI is InChI=1S/C12H18N2O3S/c1-12(2,6-5-10(15)16)14-11(17)13-8-9-4-3-7-18-9/h3-4,7H,5-6,8H2,1-2H3,(H,15,16)(H2,13,14,17). The van der Waals surface area contributed by atoms with Crippen molar-refractivity contribution in [2.24, 2.45) is 0 Å². The molecule has 1 aromatic heterocycles. The maximum absolute atomic E-state index is 11.6. The van der Waals surface area contributed by atoms with E-state index in [0.29, 0.717) is 13.0 Å². The topological polar surface area (TPSA) is 78.4 Å². The number of carbonyl (C=O) groups is 2. The quantitative estimate of drug-likeness (QED) is 0.741. The molecule has 18 heavy (non-hydrogen) atoms. The first kappa shape index (κ1) is 14.5. The Labute approximate surface area is 110 Å². The van der Waals surface area contributed by atoms with Crippen LogP contribution in [0.15, 0.2) is 17.5 Å². The molecule has 0 spiro atoms. The van der Waals surface area contributed by atoms with E-state index in [4.69, 9.17) is 5.11 Å². The molecular formula is C12H18N2O3S. The Hall–Kier alpha value is -1.56. The molecule has 0 saturated heterocycles. The molecule has 3 N–H and O–H groups in total. The van der Waals surface area contributed by atoms with E-state index in [9.17, 15) is 9.59 Å². The Morgan fingerprint density at radius 1 is 1.44 bits per heavy atom. The summed E-state index contributed by atoms with van der Waals surface area (Å²) in [6.07, 6.45) is 0.437. The van der Waals surface area contributed by atoms with Crippen molar-refractivity contribution >= 4 is 23.3 Å². The molecule has 2 amide bonds. The number of carboxylic acid groups (broad SMARTS) is 1. The molecule has 5 nitrogen and oxygen atoms in total. The van der Waals surface area contributed by atoms with Gasteiger partial charge in [-0.3, -0.25) is 4.79 Å². The summed E-state index contributed by atoms with van der Waals surface area (Å²) < 4.78 is 0. The average Bonchev–Trinajstić information content (AvgIpc) is 2.76. The normalized spacial score (nSPS) is 11.0. The number of rotatable bonds is 6. The minimum Gasteiger partial charge on any atom is -0.481 e. The van der Waals surface area contributed by atoms with E-state index in [1.54, 1.807) is 25.2 Å². The lowest BCUT2D eigenvalue weighted by atomic mass is 9.99. The minimum absolute atomic E-state index is 0.0399. The van der Waals surface area contributed by atoms with Crippen LogP contribution in [0.3, 0.4) is 0 Å². The number of aliphatic carboxylic acids is 1. The smallest absolute Gasteiger partial charge is 0.315 e. The third-order valence-corrected chi connectivity index (χ3v) is 3.30. The number of carbonyl (C=O) groups excluding carboxylic acids is 1. The van der Waals surface area contributed by atoms with Gasteiger partial charge in [-0.15, -0.1) is 11.3 Å². The first-order valence-corrected chi connectivity index (χ1v) is 6.57. The molecule has 0 bridgehead atoms. The van der Waals surface area contributed by atoms with Crippen LogP contribution in [0.2, 0.25) is 0 Å². The van der Waals surface area contributed by atoms with Crippen molar-refractivity contribution in [2.75, 3.05) is 0 Å². The molecule has 0 saturated carbocycles. The van der Waals surface area contributed by atoms with E-state index >= 15 is 0 Å². The SMILES string of the molecule is CC(C)(CCC(=O)O)NC(=O)NCc1cccs1. The van der Waals surface area contributed by atoms with Gasteiger partial charge in [0.2, 0.25) is 0 Å². The molecule has 0 fully saturated rings. The number of urea groups is 1. The Bertz CT molecular complexity index is 401. The van der Waals surface area contributed by atoms with Crippen molar-refractivity contribution in [3.8, 4) is 0 Å². The van der Waals surface area contributed by atoms with E-state index in [1.807, 2.05) is 17.5 Å². The molecule has 1 aromatic rings. The van der Waals surface area contributed by atoms with Crippen LogP contribution in [0.4, 0.5) is 4.79 Å². The monoisotopic (exact) mass is 270 g/mol. The van der Waals surface area contributed by atoms with Gasteiger partial charge < -0.3 is 15.7 Å². The van der Waals surface area contributed by atoms with Crippen molar-refractivity contribution in [1.29, 1.82) is 0 Å². The second-order valence-corrected chi connectivity index (χ2v) is 5.70. The van der Waals surface area contributed by atoms with Gasteiger partial charge in [-0.1, -0.05) is 6.07 Å². The van der Waals surface area contributed by atoms with Crippen molar-refractivity contribution in [2.45, 2.75) is 38.8 Å². The molecule has 1 heterocycles. The summed E-state index contributed by atoms with van der Waals surface area (Å²) in [6, 6.07) is 3.59. The summed E-state index contributed by atoms with van der Waals surface area (Å²) in [5.74, 6) is -0.858. The Kier molecular flexibility index (Phi) is 5.15. The molecule has 0 atom stereocenters. The molecule has 0 aromatic carbocycles. The summed E-state index contributed by atoms with van der Waals surface area (Å²) in [7, 11) is 0. The fourth-order valence-corrected chi connectivity index (χ4v) is 2.06. The van der Waals surface area contributed by atoms with Crippen LogP contribution in [0.5, 0.6) is 0 Å². The van der Waals surface area contributed by atoms with Gasteiger partial charge in [0.15, 0.2) is 0 Å². The van der Waals surface area contributed by atoms with Gasteiger partial charge >= 0.3 is 12.0 Å². The van der Waals surface area contributed by atoms with Gasteiger partial charge in [-0.2, -0.15) is 0 Å². The summed E-state index contributed by atoms with van der Waals surface area (Å²) in [5.41, 5.74) is -0.530. The van der Waals surface area contributed by atoms with Gasteiger partial charge in [-0.05, 0) is 31.7 Å². The lowest BCUT2D eigenvalue weighted by molar-refractivity contribution is -0.137. The van der Waals surface area contributed by atoms with E-state index in [2.05, 4.69) is 10.6 Å². The Morgan fingerprint density at radius 3 is 2.72 bits per heavy atom. The van der Waals surface area contributed by atoms with Crippen molar-refractivity contribution < 1.29 is 14.7 Å². The van der Waals surface area contributed by atoms with Gasteiger partial charge in [0.1, 0.15) is 0 Å². The lowest BCUT2D eigenvalue weighted by Crippen LogP contribution is -2.48. The fraction of sp³-hybridized carbons (Fsp3) is 0.500. The zero-order valence-corrected chi connectivity index (χ0v) is 11.3. The van der Waals surface area contributed by atoms with Gasteiger partial charge in [0, 0.05) is 16.8 Å². The molecule has 0 aliphatic heterocycles. The molecule has 0 aliphatic rings. The fourth-order valence-electron chi connectivity index (χ4n) is 1.41. The summed E-state index contributed by atoms with van der Waals surface area (Å²) in [4.78, 5) is 23.2. The Balaban J connectivity index is 2.31. The first-order valence-electron chi connectivity index (χ1n) is 5.69. The van der Waals surface area contributed by atoms with Crippen LogP contribution in [0, 0.1) is 0 Å². The molecule has 1 rings (SSSR count). The van der Waals surface area contributed by atoms with Crippen molar-refractivity contribution in [1.82, 2.24) is 10.6 Å². The van der Waals surface area contributed by atoms with E-state index in [-0.39, 0.29) is 12.5 Å².